The molecule has 0 spiro atoms. The number of hydrogen-bond acceptors (Lipinski definition) is 5. The van der Waals surface area contributed by atoms with E-state index in [1.165, 1.54) is 0 Å². The van der Waals surface area contributed by atoms with Gasteiger partial charge in [0.25, 0.3) is 0 Å². The number of pyridine rings is 1. The van der Waals surface area contributed by atoms with Gasteiger partial charge in [0.2, 0.25) is 15.9 Å². The van der Waals surface area contributed by atoms with Gasteiger partial charge < -0.3 is 10.6 Å². The van der Waals surface area contributed by atoms with E-state index in [9.17, 15) is 13.2 Å². The zero-order chi connectivity index (χ0) is 24.1. The Kier molecular flexibility index (Phi) is 7.94. The zero-order valence-electron chi connectivity index (χ0n) is 19.0. The minimum atomic E-state index is -3.57. The van der Waals surface area contributed by atoms with E-state index in [1.807, 2.05) is 24.3 Å². The first-order valence-electron chi connectivity index (χ1n) is 10.7. The lowest BCUT2D eigenvalue weighted by atomic mass is 10.1. The maximum atomic E-state index is 12.4. The van der Waals surface area contributed by atoms with Crippen LogP contribution in [0.2, 0.25) is 5.02 Å². The smallest absolute Gasteiger partial charge is 0.241 e. The number of nitrogens with zero attached hydrogens (tertiary/aromatic N) is 1. The number of aryl methyl sites for hydroxylation is 1. The molecule has 0 aliphatic carbocycles. The molecule has 3 rings (SSSR count). The summed E-state index contributed by atoms with van der Waals surface area (Å²) < 4.78 is 27.4. The van der Waals surface area contributed by atoms with E-state index < -0.39 is 15.6 Å². The van der Waals surface area contributed by atoms with Crippen LogP contribution in [0.3, 0.4) is 0 Å². The second kappa shape index (κ2) is 10.5. The summed E-state index contributed by atoms with van der Waals surface area (Å²) in [5, 5.41) is 7.81. The predicted octanol–water partition coefficient (Wildman–Crippen LogP) is 4.13. The Morgan fingerprint density at radius 2 is 1.76 bits per heavy atom. The molecule has 1 amide bonds. The van der Waals surface area contributed by atoms with Crippen molar-refractivity contribution < 1.29 is 13.2 Å². The SMILES string of the molecule is CC(C)(C)NS(=O)(=O)c1ccc(CCC(=O)NCCNc2ccnc3cc(Cl)ccc23)cc1. The van der Waals surface area contributed by atoms with Crippen LogP contribution in [0.25, 0.3) is 10.9 Å². The topological polar surface area (TPSA) is 100 Å². The van der Waals surface area contributed by atoms with E-state index in [-0.39, 0.29) is 10.8 Å². The molecule has 3 aromatic rings. The Balaban J connectivity index is 1.44. The summed E-state index contributed by atoms with van der Waals surface area (Å²) in [5.41, 5.74) is 2.09. The standard InChI is InChI=1S/C24H29ClN4O3S/c1-24(2,3)29-33(31,32)19-8-4-17(5-9-19)6-11-23(30)28-15-14-27-21-12-13-26-22-16-18(25)7-10-20(21)22/h4-5,7-10,12-13,16,29H,6,11,14-15H2,1-3H3,(H,26,27)(H,28,30). The molecule has 0 saturated carbocycles. The van der Waals surface area contributed by atoms with Crippen molar-refractivity contribution in [1.82, 2.24) is 15.0 Å². The summed E-state index contributed by atoms with van der Waals surface area (Å²) in [6.07, 6.45) is 2.57. The molecule has 1 heterocycles. The molecule has 7 nitrogen and oxygen atoms in total. The lowest BCUT2D eigenvalue weighted by Crippen LogP contribution is -2.40. The van der Waals surface area contributed by atoms with Crippen LogP contribution in [-0.2, 0) is 21.2 Å². The summed E-state index contributed by atoms with van der Waals surface area (Å²) in [6.45, 7) is 6.43. The summed E-state index contributed by atoms with van der Waals surface area (Å²) in [6, 6.07) is 14.1. The van der Waals surface area contributed by atoms with E-state index in [4.69, 9.17) is 11.6 Å². The van der Waals surface area contributed by atoms with Gasteiger partial charge in [-0.1, -0.05) is 23.7 Å². The second-order valence-corrected chi connectivity index (χ2v) is 10.9. The second-order valence-electron chi connectivity index (χ2n) is 8.80. The van der Waals surface area contributed by atoms with Crippen molar-refractivity contribution in [1.29, 1.82) is 0 Å². The molecular weight excluding hydrogens is 460 g/mol. The van der Waals surface area contributed by atoms with Gasteiger partial charge in [0.1, 0.15) is 0 Å². The highest BCUT2D eigenvalue weighted by molar-refractivity contribution is 7.89. The minimum Gasteiger partial charge on any atom is -0.383 e. The highest BCUT2D eigenvalue weighted by Gasteiger charge is 2.21. The third-order valence-corrected chi connectivity index (χ3v) is 6.79. The molecule has 0 fully saturated rings. The van der Waals surface area contributed by atoms with E-state index in [1.54, 1.807) is 51.2 Å². The Hall–Kier alpha value is -2.68. The quantitative estimate of drug-likeness (QED) is 0.393. The monoisotopic (exact) mass is 488 g/mol. The number of anilines is 1. The number of carbonyl (C=O) groups excluding carboxylic acids is 1. The van der Waals surface area contributed by atoms with Crippen LogP contribution in [0.15, 0.2) is 59.6 Å². The van der Waals surface area contributed by atoms with Gasteiger partial charge in [-0.3, -0.25) is 9.78 Å². The molecule has 0 aliphatic heterocycles. The molecule has 0 bridgehead atoms. The third kappa shape index (κ3) is 7.42. The van der Waals surface area contributed by atoms with Gasteiger partial charge in [-0.15, -0.1) is 0 Å². The van der Waals surface area contributed by atoms with Gasteiger partial charge in [-0.05, 0) is 69.2 Å². The highest BCUT2D eigenvalue weighted by Crippen LogP contribution is 2.24. The van der Waals surface area contributed by atoms with Crippen LogP contribution >= 0.6 is 11.6 Å². The van der Waals surface area contributed by atoms with E-state index in [0.29, 0.717) is 31.0 Å². The largest absolute Gasteiger partial charge is 0.383 e. The number of hydrogen-bond donors (Lipinski definition) is 3. The Morgan fingerprint density at radius 3 is 2.45 bits per heavy atom. The summed E-state index contributed by atoms with van der Waals surface area (Å²) in [4.78, 5) is 16.7. The van der Waals surface area contributed by atoms with Crippen LogP contribution in [-0.4, -0.2) is 37.9 Å². The molecule has 3 N–H and O–H groups in total. The first kappa shape index (κ1) is 25.0. The van der Waals surface area contributed by atoms with Crippen molar-refractivity contribution in [2.75, 3.05) is 18.4 Å². The highest BCUT2D eigenvalue weighted by atomic mass is 35.5. The molecule has 9 heteroatoms. The summed E-state index contributed by atoms with van der Waals surface area (Å²) in [5.74, 6) is -0.0609. The fourth-order valence-corrected chi connectivity index (χ4v) is 4.90. The van der Waals surface area contributed by atoms with Gasteiger partial charge >= 0.3 is 0 Å². The molecular formula is C24H29ClN4O3S. The lowest BCUT2D eigenvalue weighted by molar-refractivity contribution is -0.120. The average Bonchev–Trinajstić information content (AvgIpc) is 2.73. The Morgan fingerprint density at radius 1 is 1.03 bits per heavy atom. The Bertz CT molecular complexity index is 1220. The number of nitrogens with one attached hydrogen (secondary N) is 3. The minimum absolute atomic E-state index is 0.0609. The summed E-state index contributed by atoms with van der Waals surface area (Å²) in [7, 11) is -3.57. The number of halogens is 1. The van der Waals surface area contributed by atoms with Gasteiger partial charge in [0, 0.05) is 47.3 Å². The van der Waals surface area contributed by atoms with E-state index in [2.05, 4.69) is 20.3 Å². The maximum absolute atomic E-state index is 12.4. The van der Waals surface area contributed by atoms with E-state index >= 15 is 0 Å². The van der Waals surface area contributed by atoms with Crippen LogP contribution < -0.4 is 15.4 Å². The maximum Gasteiger partial charge on any atom is 0.241 e. The number of aromatic nitrogens is 1. The van der Waals surface area contributed by atoms with Crippen molar-refractivity contribution in [2.24, 2.45) is 0 Å². The number of fused-ring (bicyclic) bond motifs is 1. The van der Waals surface area contributed by atoms with Gasteiger partial charge in [0.15, 0.2) is 0 Å². The molecule has 0 aliphatic rings. The van der Waals surface area contributed by atoms with E-state index in [0.717, 1.165) is 22.2 Å². The third-order valence-electron chi connectivity index (χ3n) is 4.78. The first-order chi connectivity index (χ1) is 15.5. The lowest BCUT2D eigenvalue weighted by Gasteiger charge is -2.20. The molecule has 176 valence electrons. The van der Waals surface area contributed by atoms with Crippen molar-refractivity contribution in [3.63, 3.8) is 0 Å². The Labute approximate surface area is 200 Å². The number of benzene rings is 2. The molecule has 2 aromatic carbocycles. The fraction of sp³-hybridized carbons (Fsp3) is 0.333. The van der Waals surface area contributed by atoms with Gasteiger partial charge in [-0.2, -0.15) is 0 Å². The van der Waals surface area contributed by atoms with Crippen molar-refractivity contribution in [3.8, 4) is 0 Å². The number of carbonyl (C=O) groups is 1. The zero-order valence-corrected chi connectivity index (χ0v) is 20.6. The molecule has 0 atom stereocenters. The fourth-order valence-electron chi connectivity index (χ4n) is 3.32. The molecule has 0 unspecified atom stereocenters. The average molecular weight is 489 g/mol. The van der Waals surface area contributed by atoms with Crippen molar-refractivity contribution >= 4 is 44.1 Å². The number of rotatable bonds is 9. The van der Waals surface area contributed by atoms with Crippen molar-refractivity contribution in [2.45, 2.75) is 44.0 Å². The van der Waals surface area contributed by atoms with Crippen molar-refractivity contribution in [3.05, 3.63) is 65.3 Å². The van der Waals surface area contributed by atoms with Gasteiger partial charge in [0.05, 0.1) is 10.4 Å². The number of amides is 1. The summed E-state index contributed by atoms with van der Waals surface area (Å²) >= 11 is 6.02. The first-order valence-corrected chi connectivity index (χ1v) is 12.6. The van der Waals surface area contributed by atoms with Crippen LogP contribution in [0.1, 0.15) is 32.8 Å². The van der Waals surface area contributed by atoms with Crippen LogP contribution in [0.4, 0.5) is 5.69 Å². The normalized spacial score (nSPS) is 12.0. The predicted molar refractivity (Wildman–Crippen MR) is 133 cm³/mol. The molecule has 33 heavy (non-hydrogen) atoms. The molecule has 0 radical (unpaired) electrons. The molecule has 0 saturated heterocycles. The van der Waals surface area contributed by atoms with Crippen LogP contribution in [0, 0.1) is 0 Å². The van der Waals surface area contributed by atoms with Gasteiger partial charge in [-0.25, -0.2) is 13.1 Å². The molecule has 1 aromatic heterocycles. The van der Waals surface area contributed by atoms with Crippen LogP contribution in [0.5, 0.6) is 0 Å². The number of sulfonamides is 1.